The molecule has 114 valence electrons. The first-order chi connectivity index (χ1) is 10.8. The van der Waals surface area contributed by atoms with Crippen LogP contribution in [0.2, 0.25) is 0 Å². The van der Waals surface area contributed by atoms with Crippen molar-refractivity contribution in [2.45, 2.75) is 32.1 Å². The molecule has 1 aromatic carbocycles. The van der Waals surface area contributed by atoms with Crippen LogP contribution in [0.25, 0.3) is 11.0 Å². The van der Waals surface area contributed by atoms with Crippen LogP contribution in [0.3, 0.4) is 0 Å². The second-order valence-corrected chi connectivity index (χ2v) is 5.50. The summed E-state index contributed by atoms with van der Waals surface area (Å²) in [6.45, 7) is 0.672. The standard InChI is InChI=1S/C17H20N4O/c22-17(20-9-8-13-4-2-1-3-5-13)21-14-6-7-15-16(12-14)19-11-10-18-15/h4,6-7,10-12H,1-3,5,8-9H2,(H2,20,21,22). The van der Waals surface area contributed by atoms with Crippen molar-refractivity contribution in [1.29, 1.82) is 0 Å². The van der Waals surface area contributed by atoms with Crippen molar-refractivity contribution < 1.29 is 4.79 Å². The van der Waals surface area contributed by atoms with Gasteiger partial charge in [-0.1, -0.05) is 11.6 Å². The minimum absolute atomic E-state index is 0.181. The molecule has 1 heterocycles. The zero-order valence-electron chi connectivity index (χ0n) is 12.5. The molecule has 1 aliphatic carbocycles. The van der Waals surface area contributed by atoms with E-state index in [0.29, 0.717) is 6.54 Å². The molecule has 2 N–H and O–H groups in total. The van der Waals surface area contributed by atoms with Crippen LogP contribution in [0.15, 0.2) is 42.2 Å². The Morgan fingerprint density at radius 3 is 2.82 bits per heavy atom. The summed E-state index contributed by atoms with van der Waals surface area (Å²) in [4.78, 5) is 20.3. The summed E-state index contributed by atoms with van der Waals surface area (Å²) in [5, 5.41) is 5.73. The second kappa shape index (κ2) is 7.02. The van der Waals surface area contributed by atoms with Gasteiger partial charge in [0.2, 0.25) is 0 Å². The third kappa shape index (κ3) is 3.81. The van der Waals surface area contributed by atoms with Crippen LogP contribution in [0, 0.1) is 0 Å². The Hall–Kier alpha value is -2.43. The van der Waals surface area contributed by atoms with Crippen molar-refractivity contribution in [2.75, 3.05) is 11.9 Å². The van der Waals surface area contributed by atoms with Crippen LogP contribution >= 0.6 is 0 Å². The molecule has 0 saturated carbocycles. The maximum atomic E-state index is 11.9. The Bertz CT molecular complexity index is 696. The molecule has 5 nitrogen and oxygen atoms in total. The van der Waals surface area contributed by atoms with Gasteiger partial charge in [0.15, 0.2) is 0 Å². The van der Waals surface area contributed by atoms with E-state index in [-0.39, 0.29) is 6.03 Å². The zero-order valence-corrected chi connectivity index (χ0v) is 12.5. The average Bonchev–Trinajstić information content (AvgIpc) is 2.56. The molecule has 1 aromatic heterocycles. The van der Waals surface area contributed by atoms with Crippen molar-refractivity contribution in [3.63, 3.8) is 0 Å². The van der Waals surface area contributed by atoms with Crippen LogP contribution in [-0.2, 0) is 0 Å². The summed E-state index contributed by atoms with van der Waals surface area (Å²) in [7, 11) is 0. The lowest BCUT2D eigenvalue weighted by Crippen LogP contribution is -2.29. The number of benzene rings is 1. The van der Waals surface area contributed by atoms with E-state index < -0.39 is 0 Å². The Balaban J connectivity index is 1.51. The van der Waals surface area contributed by atoms with Gasteiger partial charge in [-0.2, -0.15) is 0 Å². The van der Waals surface area contributed by atoms with Gasteiger partial charge in [0.05, 0.1) is 11.0 Å². The number of rotatable bonds is 4. The van der Waals surface area contributed by atoms with Crippen molar-refractivity contribution >= 4 is 22.8 Å². The molecule has 22 heavy (non-hydrogen) atoms. The lowest BCUT2D eigenvalue weighted by Gasteiger charge is -2.13. The van der Waals surface area contributed by atoms with Crippen LogP contribution in [0.4, 0.5) is 10.5 Å². The highest BCUT2D eigenvalue weighted by Crippen LogP contribution is 2.19. The number of hydrogen-bond acceptors (Lipinski definition) is 3. The fourth-order valence-electron chi connectivity index (χ4n) is 2.68. The van der Waals surface area contributed by atoms with Crippen molar-refractivity contribution in [1.82, 2.24) is 15.3 Å². The number of nitrogens with one attached hydrogen (secondary N) is 2. The molecule has 0 saturated heterocycles. The number of carbonyl (C=O) groups is 1. The predicted molar refractivity (Wildman–Crippen MR) is 87.7 cm³/mol. The molecule has 3 rings (SSSR count). The third-order valence-corrected chi connectivity index (χ3v) is 3.84. The summed E-state index contributed by atoms with van der Waals surface area (Å²) >= 11 is 0. The van der Waals surface area contributed by atoms with Gasteiger partial charge < -0.3 is 10.6 Å². The molecule has 1 aliphatic rings. The normalized spacial score (nSPS) is 14.5. The molecule has 0 unspecified atom stereocenters. The lowest BCUT2D eigenvalue weighted by molar-refractivity contribution is 0.252. The number of anilines is 1. The van der Waals surface area contributed by atoms with Crippen LogP contribution in [0.1, 0.15) is 32.1 Å². The fraction of sp³-hybridized carbons (Fsp3) is 0.353. The van der Waals surface area contributed by atoms with Crippen LogP contribution < -0.4 is 10.6 Å². The van der Waals surface area contributed by atoms with Crippen molar-refractivity contribution in [3.8, 4) is 0 Å². The lowest BCUT2D eigenvalue weighted by atomic mass is 9.97. The zero-order chi connectivity index (χ0) is 15.2. The highest BCUT2D eigenvalue weighted by molar-refractivity contribution is 5.91. The second-order valence-electron chi connectivity index (χ2n) is 5.50. The Kier molecular flexibility index (Phi) is 4.63. The predicted octanol–water partition coefficient (Wildman–Crippen LogP) is 3.64. The quantitative estimate of drug-likeness (QED) is 0.846. The highest BCUT2D eigenvalue weighted by Gasteiger charge is 2.06. The number of carbonyl (C=O) groups excluding carboxylic acids is 1. The van der Waals surface area contributed by atoms with Crippen molar-refractivity contribution in [3.05, 3.63) is 42.2 Å². The molecule has 0 aliphatic heterocycles. The molecular weight excluding hydrogens is 276 g/mol. The number of hydrogen-bond donors (Lipinski definition) is 2. The van der Waals surface area contributed by atoms with Gasteiger partial charge in [0, 0.05) is 24.6 Å². The van der Waals surface area contributed by atoms with Gasteiger partial charge in [-0.05, 0) is 50.3 Å². The van der Waals surface area contributed by atoms with E-state index in [1.54, 1.807) is 12.4 Å². The van der Waals surface area contributed by atoms with Gasteiger partial charge in [-0.25, -0.2) is 4.79 Å². The molecule has 2 aromatic rings. The van der Waals surface area contributed by atoms with E-state index in [2.05, 4.69) is 26.7 Å². The summed E-state index contributed by atoms with van der Waals surface area (Å²) in [5.74, 6) is 0. The summed E-state index contributed by atoms with van der Waals surface area (Å²) < 4.78 is 0. The largest absolute Gasteiger partial charge is 0.338 e. The number of aromatic nitrogens is 2. The first-order valence-corrected chi connectivity index (χ1v) is 7.75. The van der Waals surface area contributed by atoms with E-state index in [0.717, 1.165) is 23.1 Å². The van der Waals surface area contributed by atoms with Gasteiger partial charge >= 0.3 is 6.03 Å². The number of urea groups is 1. The molecule has 0 atom stereocenters. The maximum absolute atomic E-state index is 11.9. The van der Waals surface area contributed by atoms with Crippen LogP contribution in [0.5, 0.6) is 0 Å². The fourth-order valence-corrected chi connectivity index (χ4v) is 2.68. The third-order valence-electron chi connectivity index (χ3n) is 3.84. The Morgan fingerprint density at radius 1 is 1.14 bits per heavy atom. The summed E-state index contributed by atoms with van der Waals surface area (Å²) in [5.41, 5.74) is 3.78. The first kappa shape index (κ1) is 14.5. The van der Waals surface area contributed by atoms with E-state index in [9.17, 15) is 4.79 Å². The molecule has 0 fully saturated rings. The maximum Gasteiger partial charge on any atom is 0.319 e. The highest BCUT2D eigenvalue weighted by atomic mass is 16.2. The number of fused-ring (bicyclic) bond motifs is 1. The smallest absolute Gasteiger partial charge is 0.319 e. The summed E-state index contributed by atoms with van der Waals surface area (Å²) in [6, 6.07) is 5.33. The number of amides is 2. The number of nitrogens with zero attached hydrogens (tertiary/aromatic N) is 2. The SMILES string of the molecule is O=C(NCCC1=CCCCC1)Nc1ccc2nccnc2c1. The molecule has 0 spiro atoms. The minimum Gasteiger partial charge on any atom is -0.338 e. The number of allylic oxidation sites excluding steroid dienone is 1. The average molecular weight is 296 g/mol. The van der Waals surface area contributed by atoms with Gasteiger partial charge in [-0.3, -0.25) is 9.97 Å². The molecule has 5 heteroatoms. The molecule has 2 amide bonds. The molecule has 0 bridgehead atoms. The van der Waals surface area contributed by atoms with E-state index in [4.69, 9.17) is 0 Å². The summed E-state index contributed by atoms with van der Waals surface area (Å²) in [6.07, 6.45) is 11.5. The first-order valence-electron chi connectivity index (χ1n) is 7.75. The van der Waals surface area contributed by atoms with Crippen LogP contribution in [-0.4, -0.2) is 22.5 Å². The van der Waals surface area contributed by atoms with E-state index in [1.165, 1.54) is 31.3 Å². The van der Waals surface area contributed by atoms with Crippen molar-refractivity contribution in [2.24, 2.45) is 0 Å². The van der Waals surface area contributed by atoms with Gasteiger partial charge in [-0.15, -0.1) is 0 Å². The molecular formula is C17H20N4O. The Morgan fingerprint density at radius 2 is 2.00 bits per heavy atom. The topological polar surface area (TPSA) is 66.9 Å². The molecule has 0 radical (unpaired) electrons. The van der Waals surface area contributed by atoms with Gasteiger partial charge in [0.25, 0.3) is 0 Å². The monoisotopic (exact) mass is 296 g/mol. The van der Waals surface area contributed by atoms with E-state index >= 15 is 0 Å². The van der Waals surface area contributed by atoms with E-state index in [1.807, 2.05) is 18.2 Å². The van der Waals surface area contributed by atoms with Gasteiger partial charge in [0.1, 0.15) is 0 Å². The Labute approximate surface area is 129 Å². The minimum atomic E-state index is -0.181.